The molecule has 9 heteroatoms. The number of morpholine rings is 1. The highest BCUT2D eigenvalue weighted by molar-refractivity contribution is 5.81. The first-order valence-electron chi connectivity index (χ1n) is 11.5. The van der Waals surface area contributed by atoms with Crippen molar-refractivity contribution in [2.24, 2.45) is 0 Å². The number of nitrogens with one attached hydrogen (secondary N) is 1. The van der Waals surface area contributed by atoms with Crippen LogP contribution in [0.3, 0.4) is 0 Å². The van der Waals surface area contributed by atoms with E-state index in [0.717, 1.165) is 35.7 Å². The molecule has 33 heavy (non-hydrogen) atoms. The summed E-state index contributed by atoms with van der Waals surface area (Å²) in [6.45, 7) is 8.33. The molecule has 4 rings (SSSR count). The van der Waals surface area contributed by atoms with Crippen molar-refractivity contribution >= 4 is 17.8 Å². The van der Waals surface area contributed by atoms with Gasteiger partial charge in [0.25, 0.3) is 0 Å². The molecule has 1 fully saturated rings. The Kier molecular flexibility index (Phi) is 7.08. The Morgan fingerprint density at radius 2 is 1.88 bits per heavy atom. The topological polar surface area (TPSA) is 96.9 Å². The first kappa shape index (κ1) is 23.0. The van der Waals surface area contributed by atoms with Gasteiger partial charge in [0.15, 0.2) is 5.82 Å². The van der Waals surface area contributed by atoms with Gasteiger partial charge in [-0.2, -0.15) is 0 Å². The second kappa shape index (κ2) is 10.2. The van der Waals surface area contributed by atoms with E-state index in [0.29, 0.717) is 25.3 Å². The Hall–Kier alpha value is -3.20. The van der Waals surface area contributed by atoms with Crippen LogP contribution < -0.4 is 10.2 Å². The molecule has 0 bridgehead atoms. The van der Waals surface area contributed by atoms with Crippen molar-refractivity contribution in [1.29, 1.82) is 0 Å². The number of hydrogen-bond donors (Lipinski definition) is 1. The zero-order chi connectivity index (χ0) is 23.4. The number of fused-ring (bicyclic) bond motifs is 1. The fraction of sp³-hybridized carbons (Fsp3) is 0.500. The smallest absolute Gasteiger partial charge is 0.325 e. The lowest BCUT2D eigenvalue weighted by Gasteiger charge is -2.39. The molecule has 0 spiro atoms. The summed E-state index contributed by atoms with van der Waals surface area (Å²) < 4.78 is 10.8. The lowest BCUT2D eigenvalue weighted by Crippen LogP contribution is -2.48. The van der Waals surface area contributed by atoms with Crippen molar-refractivity contribution in [3.63, 3.8) is 0 Å². The van der Waals surface area contributed by atoms with E-state index in [4.69, 9.17) is 19.4 Å². The number of ether oxygens (including phenoxy) is 2. The highest BCUT2D eigenvalue weighted by Crippen LogP contribution is 2.31. The minimum Gasteiger partial charge on any atom is -0.465 e. The lowest BCUT2D eigenvalue weighted by atomic mass is 10.0. The highest BCUT2D eigenvalue weighted by atomic mass is 16.5. The molecule has 2 aliphatic heterocycles. The SMILES string of the molecule is CCOC(=O)CNC(=O)N1CCc2nc(-c3ccccc3)nc(N3CC(C)OC(C)C3)c2C1. The zero-order valence-corrected chi connectivity index (χ0v) is 19.4. The first-order valence-corrected chi connectivity index (χ1v) is 11.5. The molecule has 2 unspecified atom stereocenters. The monoisotopic (exact) mass is 453 g/mol. The predicted molar refractivity (Wildman–Crippen MR) is 124 cm³/mol. The average Bonchev–Trinajstić information content (AvgIpc) is 2.81. The van der Waals surface area contributed by atoms with Crippen LogP contribution in [0.4, 0.5) is 10.6 Å². The van der Waals surface area contributed by atoms with Crippen LogP contribution in [0.1, 0.15) is 32.0 Å². The van der Waals surface area contributed by atoms with Gasteiger partial charge in [0.2, 0.25) is 0 Å². The molecule has 0 aliphatic carbocycles. The molecule has 2 aromatic rings. The summed E-state index contributed by atoms with van der Waals surface area (Å²) in [6, 6.07) is 9.65. The van der Waals surface area contributed by atoms with E-state index >= 15 is 0 Å². The van der Waals surface area contributed by atoms with Gasteiger partial charge in [0.05, 0.1) is 31.1 Å². The summed E-state index contributed by atoms with van der Waals surface area (Å²) in [5, 5.41) is 2.66. The van der Waals surface area contributed by atoms with E-state index in [9.17, 15) is 9.59 Å². The summed E-state index contributed by atoms with van der Waals surface area (Å²) in [4.78, 5) is 38.1. The maximum Gasteiger partial charge on any atom is 0.325 e. The number of esters is 1. The Morgan fingerprint density at radius 1 is 1.15 bits per heavy atom. The molecule has 9 nitrogen and oxygen atoms in total. The minimum atomic E-state index is -0.448. The Morgan fingerprint density at radius 3 is 2.58 bits per heavy atom. The first-order chi connectivity index (χ1) is 15.9. The molecule has 2 amide bonds. The van der Waals surface area contributed by atoms with E-state index in [-0.39, 0.29) is 31.4 Å². The zero-order valence-electron chi connectivity index (χ0n) is 19.4. The number of amides is 2. The Balaban J connectivity index is 1.62. The molecule has 1 aromatic heterocycles. The third-order valence-electron chi connectivity index (χ3n) is 5.77. The number of aromatic nitrogens is 2. The van der Waals surface area contributed by atoms with Crippen molar-refractivity contribution in [2.75, 3.05) is 37.7 Å². The van der Waals surface area contributed by atoms with Gasteiger partial charge >= 0.3 is 12.0 Å². The van der Waals surface area contributed by atoms with Gasteiger partial charge in [-0.05, 0) is 20.8 Å². The van der Waals surface area contributed by atoms with Gasteiger partial charge in [-0.1, -0.05) is 30.3 Å². The van der Waals surface area contributed by atoms with Crippen LogP contribution in [-0.2, 0) is 27.2 Å². The van der Waals surface area contributed by atoms with Crippen molar-refractivity contribution in [2.45, 2.75) is 45.9 Å². The fourth-order valence-electron chi connectivity index (χ4n) is 4.37. The van der Waals surface area contributed by atoms with Gasteiger partial charge in [-0.3, -0.25) is 4.79 Å². The highest BCUT2D eigenvalue weighted by Gasteiger charge is 2.31. The summed E-state index contributed by atoms with van der Waals surface area (Å²) in [7, 11) is 0. The maximum atomic E-state index is 12.7. The molecule has 2 atom stereocenters. The number of rotatable bonds is 5. The Bertz CT molecular complexity index is 990. The standard InChI is InChI=1S/C24H31N5O4/c1-4-32-21(30)12-25-24(31)28-11-10-20-19(15-28)23(29-13-16(2)33-17(3)14-29)27-22(26-20)18-8-6-5-7-9-18/h5-9,16-17H,4,10-15H2,1-3H3,(H,25,31). The molecular formula is C24H31N5O4. The van der Waals surface area contributed by atoms with Crippen LogP contribution in [0.2, 0.25) is 0 Å². The summed E-state index contributed by atoms with van der Waals surface area (Å²) in [5.74, 6) is 1.09. The number of urea groups is 1. The van der Waals surface area contributed by atoms with E-state index in [1.54, 1.807) is 11.8 Å². The second-order valence-electron chi connectivity index (χ2n) is 8.46. The molecule has 0 radical (unpaired) electrons. The Labute approximate surface area is 194 Å². The van der Waals surface area contributed by atoms with E-state index < -0.39 is 5.97 Å². The summed E-state index contributed by atoms with van der Waals surface area (Å²) >= 11 is 0. The largest absolute Gasteiger partial charge is 0.465 e. The molecule has 0 saturated carbocycles. The van der Waals surface area contributed by atoms with Crippen LogP contribution in [0.5, 0.6) is 0 Å². The fourth-order valence-corrected chi connectivity index (χ4v) is 4.37. The van der Waals surface area contributed by atoms with Crippen LogP contribution in [-0.4, -0.2) is 71.9 Å². The number of benzene rings is 1. The van der Waals surface area contributed by atoms with Gasteiger partial charge in [0, 0.05) is 37.2 Å². The predicted octanol–water partition coefficient (Wildman–Crippen LogP) is 2.39. The molecule has 1 N–H and O–H groups in total. The van der Waals surface area contributed by atoms with Crippen LogP contribution in [0.25, 0.3) is 11.4 Å². The number of carbonyl (C=O) groups excluding carboxylic acids is 2. The van der Waals surface area contributed by atoms with Crippen molar-refractivity contribution < 1.29 is 19.1 Å². The number of anilines is 1. The van der Waals surface area contributed by atoms with Gasteiger partial charge in [0.1, 0.15) is 12.4 Å². The third kappa shape index (κ3) is 5.42. The van der Waals surface area contributed by atoms with Crippen LogP contribution in [0.15, 0.2) is 30.3 Å². The molecule has 176 valence electrons. The van der Waals surface area contributed by atoms with Gasteiger partial charge in [-0.25, -0.2) is 14.8 Å². The van der Waals surface area contributed by atoms with E-state index in [1.807, 2.05) is 30.3 Å². The second-order valence-corrected chi connectivity index (χ2v) is 8.46. The molecular weight excluding hydrogens is 422 g/mol. The van der Waals surface area contributed by atoms with E-state index in [1.165, 1.54) is 0 Å². The molecule has 2 aliphatic rings. The summed E-state index contributed by atoms with van der Waals surface area (Å²) in [5.41, 5.74) is 2.87. The van der Waals surface area contributed by atoms with Crippen molar-refractivity contribution in [3.8, 4) is 11.4 Å². The normalized spacial score (nSPS) is 20.2. The van der Waals surface area contributed by atoms with Crippen molar-refractivity contribution in [1.82, 2.24) is 20.2 Å². The third-order valence-corrected chi connectivity index (χ3v) is 5.77. The minimum absolute atomic E-state index is 0.0760. The van der Waals surface area contributed by atoms with Crippen molar-refractivity contribution in [3.05, 3.63) is 41.6 Å². The summed E-state index contributed by atoms with van der Waals surface area (Å²) in [6.07, 6.45) is 0.770. The quantitative estimate of drug-likeness (QED) is 0.695. The lowest BCUT2D eigenvalue weighted by molar-refractivity contribution is -0.141. The number of nitrogens with zero attached hydrogens (tertiary/aromatic N) is 4. The average molecular weight is 454 g/mol. The molecule has 1 saturated heterocycles. The van der Waals surface area contributed by atoms with Crippen LogP contribution >= 0.6 is 0 Å². The molecule has 1 aromatic carbocycles. The molecule has 3 heterocycles. The maximum absolute atomic E-state index is 12.7. The van der Waals surface area contributed by atoms with Gasteiger partial charge < -0.3 is 24.6 Å². The number of carbonyl (C=O) groups is 2. The van der Waals surface area contributed by atoms with Crippen LogP contribution in [0, 0.1) is 0 Å². The van der Waals surface area contributed by atoms with Gasteiger partial charge in [-0.15, -0.1) is 0 Å². The van der Waals surface area contributed by atoms with E-state index in [2.05, 4.69) is 24.1 Å². The number of hydrogen-bond acceptors (Lipinski definition) is 7.